The zero-order valence-corrected chi connectivity index (χ0v) is 21.4. The summed E-state index contributed by atoms with van der Waals surface area (Å²) < 4.78 is 5.44. The van der Waals surface area contributed by atoms with Gasteiger partial charge in [-0.1, -0.05) is 36.4 Å². The Kier molecular flexibility index (Phi) is 7.30. The Morgan fingerprint density at radius 2 is 1.91 bits per heavy atom. The Morgan fingerprint density at radius 3 is 2.66 bits per heavy atom. The molecule has 0 unspecified atom stereocenters. The van der Waals surface area contributed by atoms with Crippen molar-refractivity contribution in [2.45, 2.75) is 46.2 Å². The molecule has 0 atom stereocenters. The number of rotatable bonds is 7. The van der Waals surface area contributed by atoms with Crippen LogP contribution in [0.25, 0.3) is 0 Å². The van der Waals surface area contributed by atoms with Crippen LogP contribution in [0.4, 0.5) is 10.7 Å². The lowest BCUT2D eigenvalue weighted by atomic mass is 10.0. The smallest absolute Gasteiger partial charge is 0.341 e. The monoisotopic (exact) mass is 487 g/mol. The molecule has 5 nitrogen and oxygen atoms in total. The number of anilines is 1. The third-order valence-electron chi connectivity index (χ3n) is 6.89. The summed E-state index contributed by atoms with van der Waals surface area (Å²) >= 11 is 1.63. The molecule has 1 saturated heterocycles. The second-order valence-corrected chi connectivity index (χ2v) is 10.4. The quantitative estimate of drug-likeness (QED) is 0.297. The number of aliphatic imine (C=N–C) groups is 1. The molecule has 2 aliphatic heterocycles. The Bertz CT molecular complexity index is 1210. The van der Waals surface area contributed by atoms with Crippen LogP contribution in [0.1, 0.15) is 57.3 Å². The lowest BCUT2D eigenvalue weighted by Gasteiger charge is -2.27. The van der Waals surface area contributed by atoms with Crippen LogP contribution in [-0.4, -0.2) is 43.3 Å². The Hall–Kier alpha value is -2.96. The maximum absolute atomic E-state index is 12.9. The summed E-state index contributed by atoms with van der Waals surface area (Å²) in [4.78, 5) is 23.9. The molecule has 1 aromatic heterocycles. The number of hydrogen-bond acceptors (Lipinski definition) is 6. The summed E-state index contributed by atoms with van der Waals surface area (Å²) in [7, 11) is 0. The number of benzene rings is 2. The van der Waals surface area contributed by atoms with Crippen molar-refractivity contribution in [3.8, 4) is 0 Å². The second-order valence-electron chi connectivity index (χ2n) is 9.34. The van der Waals surface area contributed by atoms with Gasteiger partial charge in [-0.05, 0) is 67.5 Å². The van der Waals surface area contributed by atoms with Crippen molar-refractivity contribution in [3.63, 3.8) is 0 Å². The number of esters is 1. The van der Waals surface area contributed by atoms with E-state index in [2.05, 4.69) is 65.3 Å². The van der Waals surface area contributed by atoms with Crippen molar-refractivity contribution < 1.29 is 9.53 Å². The van der Waals surface area contributed by atoms with Gasteiger partial charge in [-0.3, -0.25) is 4.90 Å². The lowest BCUT2D eigenvalue weighted by Crippen LogP contribution is -2.29. The fourth-order valence-corrected chi connectivity index (χ4v) is 6.25. The maximum atomic E-state index is 12.9. The predicted octanol–water partition coefficient (Wildman–Crippen LogP) is 6.14. The van der Waals surface area contributed by atoms with Gasteiger partial charge in [0.25, 0.3) is 0 Å². The number of carbonyl (C=O) groups is 1. The fourth-order valence-electron chi connectivity index (χ4n) is 5.03. The average molecular weight is 488 g/mol. The van der Waals surface area contributed by atoms with E-state index in [4.69, 9.17) is 9.73 Å². The molecule has 5 rings (SSSR count). The van der Waals surface area contributed by atoms with Crippen molar-refractivity contribution in [3.05, 3.63) is 81.2 Å². The standard InChI is InChI=1S/C29H33N3O2S/c1-3-34-29(33)27-25-13-16-31(19-22-9-5-4-6-10-22)20-26(25)35-28(27)30-18-23-11-12-24(17-21(23)2)32-14-7-8-15-32/h4-6,9-12,17-18H,3,7-8,13-16,19-20H2,1-2H3. The summed E-state index contributed by atoms with van der Waals surface area (Å²) in [5, 5.41) is 0.762. The van der Waals surface area contributed by atoms with Crippen molar-refractivity contribution in [1.82, 2.24) is 4.90 Å². The van der Waals surface area contributed by atoms with E-state index in [0.29, 0.717) is 12.2 Å². The number of thiophene rings is 1. The first-order chi connectivity index (χ1) is 17.1. The SMILES string of the molecule is CCOC(=O)c1c(N=Cc2ccc(N3CCCC3)cc2C)sc2c1CCN(Cc1ccccc1)C2. The van der Waals surface area contributed by atoms with Gasteiger partial charge in [0, 0.05) is 49.5 Å². The molecular formula is C29H33N3O2S. The van der Waals surface area contributed by atoms with Gasteiger partial charge in [-0.15, -0.1) is 11.3 Å². The van der Waals surface area contributed by atoms with Gasteiger partial charge in [0.2, 0.25) is 0 Å². The molecule has 0 aliphatic carbocycles. The minimum Gasteiger partial charge on any atom is -0.462 e. The van der Waals surface area contributed by atoms with Gasteiger partial charge in [0.1, 0.15) is 5.00 Å². The van der Waals surface area contributed by atoms with E-state index < -0.39 is 0 Å². The van der Waals surface area contributed by atoms with E-state index in [-0.39, 0.29) is 5.97 Å². The van der Waals surface area contributed by atoms with Crippen LogP contribution >= 0.6 is 11.3 Å². The first-order valence-corrected chi connectivity index (χ1v) is 13.4. The minimum absolute atomic E-state index is 0.255. The van der Waals surface area contributed by atoms with E-state index in [1.54, 1.807) is 11.3 Å². The van der Waals surface area contributed by atoms with Crippen molar-refractivity contribution in [1.29, 1.82) is 0 Å². The largest absolute Gasteiger partial charge is 0.462 e. The topological polar surface area (TPSA) is 45.1 Å². The summed E-state index contributed by atoms with van der Waals surface area (Å²) in [6, 6.07) is 17.1. The molecule has 0 bridgehead atoms. The molecule has 0 amide bonds. The molecule has 0 saturated carbocycles. The van der Waals surface area contributed by atoms with Crippen LogP contribution < -0.4 is 4.90 Å². The Balaban J connectivity index is 1.39. The van der Waals surface area contributed by atoms with Crippen LogP contribution in [0, 0.1) is 6.92 Å². The molecule has 3 aromatic rings. The highest BCUT2D eigenvalue weighted by Gasteiger charge is 2.28. The minimum atomic E-state index is -0.255. The highest BCUT2D eigenvalue weighted by atomic mass is 32.1. The van der Waals surface area contributed by atoms with Crippen LogP contribution in [0.3, 0.4) is 0 Å². The van der Waals surface area contributed by atoms with E-state index in [1.165, 1.54) is 34.5 Å². The average Bonchev–Trinajstić information content (AvgIpc) is 3.52. The van der Waals surface area contributed by atoms with E-state index >= 15 is 0 Å². The van der Waals surface area contributed by atoms with Gasteiger partial charge in [0.05, 0.1) is 12.2 Å². The van der Waals surface area contributed by atoms with Crippen molar-refractivity contribution in [2.75, 3.05) is 31.1 Å². The predicted molar refractivity (Wildman–Crippen MR) is 144 cm³/mol. The third kappa shape index (κ3) is 5.34. The summed E-state index contributed by atoms with van der Waals surface area (Å²) in [6.45, 7) is 9.29. The van der Waals surface area contributed by atoms with Crippen LogP contribution in [0.5, 0.6) is 0 Å². The molecule has 6 heteroatoms. The first kappa shape index (κ1) is 23.8. The number of carbonyl (C=O) groups excluding carboxylic acids is 1. The van der Waals surface area contributed by atoms with Crippen LogP contribution in [-0.2, 0) is 24.2 Å². The Morgan fingerprint density at radius 1 is 1.11 bits per heavy atom. The zero-order valence-electron chi connectivity index (χ0n) is 20.6. The van der Waals surface area contributed by atoms with E-state index in [1.807, 2.05) is 13.1 Å². The molecule has 3 heterocycles. The highest BCUT2D eigenvalue weighted by Crippen LogP contribution is 2.40. The highest BCUT2D eigenvalue weighted by molar-refractivity contribution is 7.16. The molecule has 0 N–H and O–H groups in total. The summed E-state index contributed by atoms with van der Waals surface area (Å²) in [5.74, 6) is -0.255. The third-order valence-corrected chi connectivity index (χ3v) is 8.02. The molecular weight excluding hydrogens is 454 g/mol. The van der Waals surface area contributed by atoms with Gasteiger partial charge in [0.15, 0.2) is 0 Å². The lowest BCUT2D eigenvalue weighted by molar-refractivity contribution is 0.0526. The van der Waals surface area contributed by atoms with Gasteiger partial charge >= 0.3 is 5.97 Å². The molecule has 35 heavy (non-hydrogen) atoms. The zero-order chi connectivity index (χ0) is 24.2. The molecule has 1 fully saturated rings. The van der Waals surface area contributed by atoms with Crippen molar-refractivity contribution >= 4 is 34.2 Å². The number of hydrogen-bond donors (Lipinski definition) is 0. The van der Waals surface area contributed by atoms with E-state index in [9.17, 15) is 4.79 Å². The van der Waals surface area contributed by atoms with Crippen molar-refractivity contribution in [2.24, 2.45) is 4.99 Å². The van der Waals surface area contributed by atoms with Gasteiger partial charge < -0.3 is 9.64 Å². The fraction of sp³-hybridized carbons (Fsp3) is 0.379. The molecule has 0 radical (unpaired) electrons. The Labute approximate surface area is 212 Å². The second kappa shape index (κ2) is 10.8. The van der Waals surface area contributed by atoms with Crippen LogP contribution in [0.15, 0.2) is 53.5 Å². The number of fused-ring (bicyclic) bond motifs is 1. The number of nitrogens with zero attached hydrogens (tertiary/aromatic N) is 3. The van der Waals surface area contributed by atoms with E-state index in [0.717, 1.165) is 55.3 Å². The number of ether oxygens (including phenoxy) is 1. The molecule has 2 aliphatic rings. The normalized spacial score (nSPS) is 16.1. The molecule has 2 aromatic carbocycles. The van der Waals surface area contributed by atoms with Gasteiger partial charge in [-0.25, -0.2) is 9.79 Å². The van der Waals surface area contributed by atoms with Gasteiger partial charge in [-0.2, -0.15) is 0 Å². The first-order valence-electron chi connectivity index (χ1n) is 12.6. The number of aryl methyl sites for hydroxylation is 1. The molecule has 0 spiro atoms. The van der Waals surface area contributed by atoms with Crippen LogP contribution in [0.2, 0.25) is 0 Å². The summed E-state index contributed by atoms with van der Waals surface area (Å²) in [6.07, 6.45) is 5.28. The maximum Gasteiger partial charge on any atom is 0.341 e. The molecule has 182 valence electrons. The summed E-state index contributed by atoms with van der Waals surface area (Å²) in [5.41, 5.74) is 6.66.